The molecule has 108 valence electrons. The standard InChI is InChI=1S/C14H16ClNO3S/c1-10-3-4-12(7-11(10)2)16(14(17)8-15)13-5-6-20(18,19)9-13/h3-7,13H,8-9H2,1-2H3/t13-/m0/s1. The van der Waals surface area contributed by atoms with Crippen LogP contribution in [-0.2, 0) is 14.6 Å². The van der Waals surface area contributed by atoms with Crippen molar-refractivity contribution < 1.29 is 13.2 Å². The maximum Gasteiger partial charge on any atom is 0.242 e. The summed E-state index contributed by atoms with van der Waals surface area (Å²) in [4.78, 5) is 13.5. The molecule has 1 aromatic rings. The molecular formula is C14H16ClNO3S. The van der Waals surface area contributed by atoms with Gasteiger partial charge in [0.25, 0.3) is 0 Å². The van der Waals surface area contributed by atoms with Crippen molar-refractivity contribution >= 4 is 33.0 Å². The Morgan fingerprint density at radius 1 is 1.35 bits per heavy atom. The van der Waals surface area contributed by atoms with Crippen LogP contribution in [0.15, 0.2) is 29.7 Å². The molecule has 6 heteroatoms. The molecule has 0 N–H and O–H groups in total. The van der Waals surface area contributed by atoms with E-state index < -0.39 is 15.9 Å². The Hall–Kier alpha value is -1.33. The maximum atomic E-state index is 12.1. The summed E-state index contributed by atoms with van der Waals surface area (Å²) < 4.78 is 23.1. The molecule has 2 rings (SSSR count). The molecular weight excluding hydrogens is 298 g/mol. The van der Waals surface area contributed by atoms with Crippen LogP contribution in [0, 0.1) is 13.8 Å². The Kier molecular flexibility index (Phi) is 4.20. The van der Waals surface area contributed by atoms with Gasteiger partial charge in [-0.2, -0.15) is 0 Å². The Morgan fingerprint density at radius 2 is 2.05 bits per heavy atom. The number of hydrogen-bond acceptors (Lipinski definition) is 3. The van der Waals surface area contributed by atoms with Gasteiger partial charge in [-0.1, -0.05) is 6.07 Å². The average molecular weight is 314 g/mol. The van der Waals surface area contributed by atoms with Crippen molar-refractivity contribution in [2.24, 2.45) is 0 Å². The number of hydrogen-bond donors (Lipinski definition) is 0. The van der Waals surface area contributed by atoms with Crippen LogP contribution in [0.2, 0.25) is 0 Å². The summed E-state index contributed by atoms with van der Waals surface area (Å²) in [5.41, 5.74) is 2.83. The van der Waals surface area contributed by atoms with Gasteiger partial charge in [0.1, 0.15) is 5.88 Å². The van der Waals surface area contributed by atoms with E-state index in [9.17, 15) is 13.2 Å². The van der Waals surface area contributed by atoms with Crippen LogP contribution in [0.5, 0.6) is 0 Å². The van der Waals surface area contributed by atoms with Gasteiger partial charge in [0, 0.05) is 11.1 Å². The lowest BCUT2D eigenvalue weighted by atomic mass is 10.1. The fourth-order valence-corrected chi connectivity index (χ4v) is 3.58. The lowest BCUT2D eigenvalue weighted by Gasteiger charge is -2.27. The van der Waals surface area contributed by atoms with Crippen LogP contribution in [0.1, 0.15) is 11.1 Å². The number of carbonyl (C=O) groups excluding carboxylic acids is 1. The number of halogens is 1. The molecule has 0 bridgehead atoms. The predicted molar refractivity (Wildman–Crippen MR) is 80.8 cm³/mol. The van der Waals surface area contributed by atoms with E-state index in [0.29, 0.717) is 5.69 Å². The average Bonchev–Trinajstić information content (AvgIpc) is 2.74. The highest BCUT2D eigenvalue weighted by Crippen LogP contribution is 2.25. The summed E-state index contributed by atoms with van der Waals surface area (Å²) >= 11 is 5.65. The summed E-state index contributed by atoms with van der Waals surface area (Å²) in [6.45, 7) is 3.93. The molecule has 0 unspecified atom stereocenters. The van der Waals surface area contributed by atoms with Gasteiger partial charge in [-0.15, -0.1) is 11.6 Å². The highest BCUT2D eigenvalue weighted by atomic mass is 35.5. The van der Waals surface area contributed by atoms with Crippen LogP contribution in [-0.4, -0.2) is 32.0 Å². The minimum Gasteiger partial charge on any atom is -0.303 e. The van der Waals surface area contributed by atoms with E-state index in [1.165, 1.54) is 11.0 Å². The minimum absolute atomic E-state index is 0.0947. The molecule has 20 heavy (non-hydrogen) atoms. The summed E-state index contributed by atoms with van der Waals surface area (Å²) in [5.74, 6) is -0.582. The maximum absolute atomic E-state index is 12.1. The molecule has 0 radical (unpaired) electrons. The molecule has 4 nitrogen and oxygen atoms in total. The van der Waals surface area contributed by atoms with Crippen molar-refractivity contribution in [3.63, 3.8) is 0 Å². The highest BCUT2D eigenvalue weighted by Gasteiger charge is 2.31. The molecule has 0 saturated heterocycles. The van der Waals surface area contributed by atoms with Crippen molar-refractivity contribution in [2.45, 2.75) is 19.9 Å². The zero-order valence-corrected chi connectivity index (χ0v) is 12.9. The van der Waals surface area contributed by atoms with Crippen molar-refractivity contribution in [3.8, 4) is 0 Å². The largest absolute Gasteiger partial charge is 0.303 e. The molecule has 0 fully saturated rings. The van der Waals surface area contributed by atoms with Gasteiger partial charge in [0.2, 0.25) is 5.91 Å². The van der Waals surface area contributed by atoms with E-state index in [2.05, 4.69) is 0 Å². The number of alkyl halides is 1. The van der Waals surface area contributed by atoms with E-state index in [4.69, 9.17) is 11.6 Å². The number of benzene rings is 1. The quantitative estimate of drug-likeness (QED) is 0.804. The Labute approximate surface area is 124 Å². The molecule has 0 spiro atoms. The first-order valence-electron chi connectivity index (χ1n) is 6.20. The van der Waals surface area contributed by atoms with Crippen LogP contribution in [0.25, 0.3) is 0 Å². The third-order valence-electron chi connectivity index (χ3n) is 3.39. The van der Waals surface area contributed by atoms with Gasteiger partial charge in [-0.3, -0.25) is 4.79 Å². The van der Waals surface area contributed by atoms with Crippen molar-refractivity contribution in [2.75, 3.05) is 16.5 Å². The van der Waals surface area contributed by atoms with Gasteiger partial charge < -0.3 is 4.90 Å². The van der Waals surface area contributed by atoms with Crippen molar-refractivity contribution in [3.05, 3.63) is 40.8 Å². The van der Waals surface area contributed by atoms with Crippen molar-refractivity contribution in [1.82, 2.24) is 0 Å². The molecule has 1 atom stereocenters. The molecule has 1 aliphatic heterocycles. The molecule has 1 aliphatic rings. The third-order valence-corrected chi connectivity index (χ3v) is 5.00. The fourth-order valence-electron chi connectivity index (χ4n) is 2.18. The zero-order valence-electron chi connectivity index (χ0n) is 11.3. The van der Waals surface area contributed by atoms with Gasteiger partial charge in [-0.05, 0) is 43.2 Å². The number of amides is 1. The zero-order chi connectivity index (χ0) is 14.9. The van der Waals surface area contributed by atoms with Crippen LogP contribution in [0.3, 0.4) is 0 Å². The highest BCUT2D eigenvalue weighted by molar-refractivity contribution is 7.94. The first kappa shape index (κ1) is 15.1. The Balaban J connectivity index is 2.41. The number of aryl methyl sites for hydroxylation is 2. The molecule has 0 aromatic heterocycles. The van der Waals surface area contributed by atoms with E-state index in [1.54, 1.807) is 0 Å². The topological polar surface area (TPSA) is 54.5 Å². The number of rotatable bonds is 3. The van der Waals surface area contributed by atoms with Gasteiger partial charge in [0.15, 0.2) is 9.84 Å². The van der Waals surface area contributed by atoms with E-state index in [0.717, 1.165) is 16.5 Å². The predicted octanol–water partition coefficient (Wildman–Crippen LogP) is 2.19. The Morgan fingerprint density at radius 3 is 2.55 bits per heavy atom. The first-order chi connectivity index (χ1) is 9.34. The first-order valence-corrected chi connectivity index (χ1v) is 8.45. The SMILES string of the molecule is Cc1ccc(N(C(=O)CCl)[C@H]2C=CS(=O)(=O)C2)cc1C. The number of sulfone groups is 1. The normalized spacial score (nSPS) is 20.1. The molecule has 1 heterocycles. The van der Waals surface area contributed by atoms with Crippen LogP contribution in [0.4, 0.5) is 5.69 Å². The monoisotopic (exact) mass is 313 g/mol. The summed E-state index contributed by atoms with van der Waals surface area (Å²) in [7, 11) is -3.23. The lowest BCUT2D eigenvalue weighted by molar-refractivity contribution is -0.116. The fraction of sp³-hybridized carbons (Fsp3) is 0.357. The van der Waals surface area contributed by atoms with Crippen LogP contribution >= 0.6 is 11.6 Å². The second-order valence-corrected chi connectivity index (χ2v) is 7.09. The second kappa shape index (κ2) is 5.58. The van der Waals surface area contributed by atoms with Crippen LogP contribution < -0.4 is 4.90 Å². The molecule has 1 amide bonds. The molecule has 0 saturated carbocycles. The van der Waals surface area contributed by atoms with Crippen molar-refractivity contribution in [1.29, 1.82) is 0 Å². The third kappa shape index (κ3) is 3.04. The van der Waals surface area contributed by atoms with E-state index >= 15 is 0 Å². The Bertz CT molecular complexity index is 667. The minimum atomic E-state index is -3.23. The number of anilines is 1. The van der Waals surface area contributed by atoms with Gasteiger partial charge >= 0.3 is 0 Å². The molecule has 1 aromatic carbocycles. The van der Waals surface area contributed by atoms with Gasteiger partial charge in [0.05, 0.1) is 11.8 Å². The molecule has 0 aliphatic carbocycles. The lowest BCUT2D eigenvalue weighted by Crippen LogP contribution is -2.42. The number of carbonyl (C=O) groups is 1. The van der Waals surface area contributed by atoms with E-state index in [1.807, 2.05) is 32.0 Å². The van der Waals surface area contributed by atoms with Gasteiger partial charge in [-0.25, -0.2) is 8.42 Å². The summed E-state index contributed by atoms with van der Waals surface area (Å²) in [6.07, 6.45) is 1.54. The smallest absolute Gasteiger partial charge is 0.242 e. The number of nitrogens with zero attached hydrogens (tertiary/aromatic N) is 1. The van der Waals surface area contributed by atoms with E-state index in [-0.39, 0.29) is 17.5 Å². The summed E-state index contributed by atoms with van der Waals surface area (Å²) in [6, 6.07) is 5.10. The summed E-state index contributed by atoms with van der Waals surface area (Å²) in [5, 5.41) is 1.16. The second-order valence-electron chi connectivity index (χ2n) is 4.89.